The standard InChI is InChI=1S/C18H28N6S.HI/c1-14(2)15-13-25-17(24-15)12-23-18(19-3)22-11-7-6-10-21-16-8-4-5-9-20-16;/h4-5,8-9,13-14H,6-7,10-12H2,1-3H3,(H,20,21)(H2,19,22,23);1H. The molecule has 0 amide bonds. The summed E-state index contributed by atoms with van der Waals surface area (Å²) in [5, 5.41) is 13.2. The van der Waals surface area contributed by atoms with Gasteiger partial charge in [0.2, 0.25) is 0 Å². The first-order valence-corrected chi connectivity index (χ1v) is 9.60. The number of pyridine rings is 1. The van der Waals surface area contributed by atoms with Gasteiger partial charge in [0.1, 0.15) is 10.8 Å². The third-order valence-electron chi connectivity index (χ3n) is 3.66. The Morgan fingerprint density at radius 1 is 1.19 bits per heavy atom. The normalized spacial score (nSPS) is 11.2. The highest BCUT2D eigenvalue weighted by molar-refractivity contribution is 14.0. The van der Waals surface area contributed by atoms with E-state index < -0.39 is 0 Å². The Morgan fingerprint density at radius 3 is 2.65 bits per heavy atom. The molecule has 0 spiro atoms. The SMILES string of the molecule is CN=C(NCCCCNc1ccccn1)NCc1nc(C(C)C)cs1.I. The van der Waals surface area contributed by atoms with Crippen molar-refractivity contribution in [2.75, 3.05) is 25.5 Å². The summed E-state index contributed by atoms with van der Waals surface area (Å²) in [6, 6.07) is 5.88. The zero-order valence-corrected chi connectivity index (χ0v) is 18.8. The van der Waals surface area contributed by atoms with Crippen LogP contribution in [-0.2, 0) is 6.54 Å². The molecule has 2 rings (SSSR count). The molecule has 0 saturated carbocycles. The van der Waals surface area contributed by atoms with Gasteiger partial charge in [-0.2, -0.15) is 0 Å². The van der Waals surface area contributed by atoms with E-state index in [0.29, 0.717) is 12.5 Å². The lowest BCUT2D eigenvalue weighted by Crippen LogP contribution is -2.37. The number of hydrogen-bond acceptors (Lipinski definition) is 5. The van der Waals surface area contributed by atoms with Crippen LogP contribution in [0, 0.1) is 0 Å². The van der Waals surface area contributed by atoms with Crippen molar-refractivity contribution in [3.8, 4) is 0 Å². The van der Waals surface area contributed by atoms with Gasteiger partial charge in [0.15, 0.2) is 5.96 Å². The molecule has 8 heteroatoms. The number of nitrogens with zero attached hydrogens (tertiary/aromatic N) is 3. The van der Waals surface area contributed by atoms with E-state index in [-0.39, 0.29) is 24.0 Å². The van der Waals surface area contributed by atoms with E-state index in [0.717, 1.165) is 48.4 Å². The van der Waals surface area contributed by atoms with Crippen LogP contribution in [0.3, 0.4) is 0 Å². The molecular formula is C18H29IN6S. The second-order valence-electron chi connectivity index (χ2n) is 6.02. The lowest BCUT2D eigenvalue weighted by molar-refractivity contribution is 0.710. The second-order valence-corrected chi connectivity index (χ2v) is 6.96. The molecule has 0 aliphatic heterocycles. The van der Waals surface area contributed by atoms with Crippen molar-refractivity contribution >= 4 is 47.1 Å². The van der Waals surface area contributed by atoms with Gasteiger partial charge in [0, 0.05) is 31.7 Å². The first-order chi connectivity index (χ1) is 12.2. The Morgan fingerprint density at radius 2 is 2.00 bits per heavy atom. The molecule has 26 heavy (non-hydrogen) atoms. The Balaban J connectivity index is 0.00000338. The van der Waals surface area contributed by atoms with Gasteiger partial charge in [0.25, 0.3) is 0 Å². The number of thiazole rings is 1. The lowest BCUT2D eigenvalue weighted by Gasteiger charge is -2.11. The number of guanidine groups is 1. The van der Waals surface area contributed by atoms with E-state index in [1.54, 1.807) is 24.6 Å². The number of anilines is 1. The molecule has 0 aliphatic carbocycles. The highest BCUT2D eigenvalue weighted by Gasteiger charge is 2.06. The number of hydrogen-bond donors (Lipinski definition) is 3. The summed E-state index contributed by atoms with van der Waals surface area (Å²) >= 11 is 1.69. The van der Waals surface area contributed by atoms with Crippen molar-refractivity contribution in [3.63, 3.8) is 0 Å². The zero-order valence-electron chi connectivity index (χ0n) is 15.7. The summed E-state index contributed by atoms with van der Waals surface area (Å²) in [6.07, 6.45) is 3.94. The fraction of sp³-hybridized carbons (Fsp3) is 0.500. The van der Waals surface area contributed by atoms with Crippen LogP contribution in [0.4, 0.5) is 5.82 Å². The van der Waals surface area contributed by atoms with Crippen LogP contribution in [-0.4, -0.2) is 36.1 Å². The van der Waals surface area contributed by atoms with E-state index in [1.807, 2.05) is 18.2 Å². The van der Waals surface area contributed by atoms with Crippen LogP contribution in [0.15, 0.2) is 34.8 Å². The fourth-order valence-corrected chi connectivity index (χ4v) is 3.09. The average molecular weight is 488 g/mol. The molecular weight excluding hydrogens is 459 g/mol. The molecule has 0 atom stereocenters. The summed E-state index contributed by atoms with van der Waals surface area (Å²) in [7, 11) is 1.79. The van der Waals surface area contributed by atoms with E-state index in [1.165, 1.54) is 0 Å². The number of aliphatic imine (C=N–C) groups is 1. The number of nitrogens with one attached hydrogen (secondary N) is 3. The highest BCUT2D eigenvalue weighted by atomic mass is 127. The molecule has 0 aromatic carbocycles. The summed E-state index contributed by atoms with van der Waals surface area (Å²) in [5.74, 6) is 2.22. The average Bonchev–Trinajstić information content (AvgIpc) is 3.11. The van der Waals surface area contributed by atoms with Crippen LogP contribution in [0.1, 0.15) is 43.3 Å². The zero-order chi connectivity index (χ0) is 17.9. The maximum atomic E-state index is 4.62. The molecule has 144 valence electrons. The van der Waals surface area contributed by atoms with Gasteiger partial charge in [-0.05, 0) is 30.9 Å². The maximum absolute atomic E-state index is 4.62. The van der Waals surface area contributed by atoms with Gasteiger partial charge in [-0.15, -0.1) is 35.3 Å². The molecule has 0 bridgehead atoms. The monoisotopic (exact) mass is 488 g/mol. The largest absolute Gasteiger partial charge is 0.370 e. The van der Waals surface area contributed by atoms with Crippen LogP contribution >= 0.6 is 35.3 Å². The summed E-state index contributed by atoms with van der Waals surface area (Å²) in [5.41, 5.74) is 1.16. The Labute approximate surface area is 177 Å². The maximum Gasteiger partial charge on any atom is 0.191 e. The molecule has 6 nitrogen and oxygen atoms in total. The van der Waals surface area contributed by atoms with E-state index in [9.17, 15) is 0 Å². The molecule has 0 unspecified atom stereocenters. The van der Waals surface area contributed by atoms with E-state index in [2.05, 4.69) is 50.1 Å². The van der Waals surface area contributed by atoms with E-state index >= 15 is 0 Å². The number of aromatic nitrogens is 2. The van der Waals surface area contributed by atoms with Crippen molar-refractivity contribution in [1.82, 2.24) is 20.6 Å². The van der Waals surface area contributed by atoms with Crippen molar-refractivity contribution in [1.29, 1.82) is 0 Å². The first kappa shape index (κ1) is 22.6. The molecule has 3 N–H and O–H groups in total. The second kappa shape index (κ2) is 12.9. The van der Waals surface area contributed by atoms with Gasteiger partial charge in [-0.25, -0.2) is 9.97 Å². The van der Waals surface area contributed by atoms with Gasteiger partial charge in [-0.1, -0.05) is 19.9 Å². The predicted octanol–water partition coefficient (Wildman–Crippen LogP) is 3.84. The van der Waals surface area contributed by atoms with Crippen molar-refractivity contribution in [2.45, 2.75) is 39.2 Å². The third kappa shape index (κ3) is 8.31. The van der Waals surface area contributed by atoms with Crippen LogP contribution in [0.25, 0.3) is 0 Å². The molecule has 0 saturated heterocycles. The van der Waals surface area contributed by atoms with Gasteiger partial charge >= 0.3 is 0 Å². The molecule has 0 fully saturated rings. The minimum atomic E-state index is 0. The Kier molecular flexibility index (Phi) is 11.2. The molecule has 2 aromatic rings. The minimum absolute atomic E-state index is 0. The van der Waals surface area contributed by atoms with Crippen LogP contribution in [0.5, 0.6) is 0 Å². The number of halogens is 1. The minimum Gasteiger partial charge on any atom is -0.370 e. The topological polar surface area (TPSA) is 74.2 Å². The molecule has 0 radical (unpaired) electrons. The van der Waals surface area contributed by atoms with E-state index in [4.69, 9.17) is 0 Å². The Hall–Kier alpha value is -1.42. The number of rotatable bonds is 9. The predicted molar refractivity (Wildman–Crippen MR) is 122 cm³/mol. The number of unbranched alkanes of at least 4 members (excludes halogenated alkanes) is 1. The van der Waals surface area contributed by atoms with Crippen molar-refractivity contribution < 1.29 is 0 Å². The molecule has 0 aliphatic rings. The van der Waals surface area contributed by atoms with Gasteiger partial charge < -0.3 is 16.0 Å². The summed E-state index contributed by atoms with van der Waals surface area (Å²) in [6.45, 7) is 6.84. The molecule has 2 aromatic heterocycles. The van der Waals surface area contributed by atoms with Crippen LogP contribution in [0.2, 0.25) is 0 Å². The van der Waals surface area contributed by atoms with Crippen molar-refractivity contribution in [3.05, 3.63) is 40.5 Å². The highest BCUT2D eigenvalue weighted by Crippen LogP contribution is 2.17. The summed E-state index contributed by atoms with van der Waals surface area (Å²) < 4.78 is 0. The third-order valence-corrected chi connectivity index (χ3v) is 4.53. The quantitative estimate of drug-likeness (QED) is 0.217. The van der Waals surface area contributed by atoms with Crippen LogP contribution < -0.4 is 16.0 Å². The van der Waals surface area contributed by atoms with Gasteiger partial charge in [-0.3, -0.25) is 4.99 Å². The summed E-state index contributed by atoms with van der Waals surface area (Å²) in [4.78, 5) is 13.1. The lowest BCUT2D eigenvalue weighted by atomic mass is 10.2. The smallest absolute Gasteiger partial charge is 0.191 e. The fourth-order valence-electron chi connectivity index (χ4n) is 2.19. The first-order valence-electron chi connectivity index (χ1n) is 8.72. The van der Waals surface area contributed by atoms with Crippen molar-refractivity contribution in [2.24, 2.45) is 4.99 Å². The van der Waals surface area contributed by atoms with Gasteiger partial charge in [0.05, 0.1) is 12.2 Å². The Bertz CT molecular complexity index is 644. The molecule has 2 heterocycles.